The molecule has 3 aromatic rings. The van der Waals surface area contributed by atoms with Gasteiger partial charge in [0.15, 0.2) is 6.61 Å². The number of hydrogen-bond donors (Lipinski definition) is 1. The van der Waals surface area contributed by atoms with Gasteiger partial charge in [0.25, 0.3) is 5.91 Å². The molecule has 0 fully saturated rings. The molecular weight excluding hydrogens is 504 g/mol. The van der Waals surface area contributed by atoms with E-state index in [2.05, 4.69) is 42.4 Å². The molecule has 3 aromatic carbocycles. The summed E-state index contributed by atoms with van der Waals surface area (Å²) in [4.78, 5) is 12.1. The van der Waals surface area contributed by atoms with Gasteiger partial charge in [0.1, 0.15) is 17.2 Å². The highest BCUT2D eigenvalue weighted by atomic mass is 79.9. The predicted molar refractivity (Wildman–Crippen MR) is 120 cm³/mol. The Hall–Kier alpha value is -2.58. The smallest absolute Gasteiger partial charge is 0.277 e. The second-order valence-corrected chi connectivity index (χ2v) is 7.56. The van der Waals surface area contributed by atoms with E-state index in [0.29, 0.717) is 22.8 Å². The maximum Gasteiger partial charge on any atom is 0.277 e. The first-order valence-electron chi connectivity index (χ1n) is 8.57. The Morgan fingerprint density at radius 1 is 1.03 bits per heavy atom. The van der Waals surface area contributed by atoms with Gasteiger partial charge in [0, 0.05) is 11.6 Å². The first-order chi connectivity index (χ1) is 14.0. The van der Waals surface area contributed by atoms with Crippen molar-refractivity contribution in [2.45, 2.75) is 0 Å². The fourth-order valence-electron chi connectivity index (χ4n) is 2.66. The molecule has 0 unspecified atom stereocenters. The second kappa shape index (κ2) is 9.76. The van der Waals surface area contributed by atoms with Crippen molar-refractivity contribution >= 4 is 54.8 Å². The van der Waals surface area contributed by atoms with Crippen molar-refractivity contribution in [1.29, 1.82) is 0 Å². The Bertz CT molecular complexity index is 1070. The number of hydrazone groups is 1. The first-order valence-corrected chi connectivity index (χ1v) is 10.2. The summed E-state index contributed by atoms with van der Waals surface area (Å²) in [5.41, 5.74) is 3.12. The van der Waals surface area contributed by atoms with E-state index in [9.17, 15) is 4.79 Å². The first kappa shape index (κ1) is 21.1. The molecular formula is C21H18Br2N2O4. The number of halogens is 2. The lowest BCUT2D eigenvalue weighted by Crippen LogP contribution is -2.24. The van der Waals surface area contributed by atoms with Gasteiger partial charge in [0.2, 0.25) is 0 Å². The van der Waals surface area contributed by atoms with Gasteiger partial charge in [-0.1, -0.05) is 30.3 Å². The van der Waals surface area contributed by atoms with E-state index < -0.39 is 0 Å². The molecule has 0 radical (unpaired) electrons. The highest BCUT2D eigenvalue weighted by Gasteiger charge is 2.10. The lowest BCUT2D eigenvalue weighted by Gasteiger charge is -2.10. The summed E-state index contributed by atoms with van der Waals surface area (Å²) in [5.74, 6) is 1.41. The molecule has 0 aliphatic rings. The minimum atomic E-state index is -0.382. The molecule has 0 aliphatic heterocycles. The third-order valence-electron chi connectivity index (χ3n) is 4.08. The number of carbonyl (C=O) groups is 1. The molecule has 0 aliphatic carbocycles. The Balaban J connectivity index is 1.62. The van der Waals surface area contributed by atoms with Crippen molar-refractivity contribution in [2.24, 2.45) is 5.10 Å². The SMILES string of the molecule is COc1cc(OC)c(/C=N/NC(=O)COc2ccc3ccccc3c2Br)cc1Br. The fraction of sp³-hybridized carbons (Fsp3) is 0.143. The number of hydrogen-bond acceptors (Lipinski definition) is 5. The van der Waals surface area contributed by atoms with Gasteiger partial charge in [-0.05, 0) is 54.8 Å². The van der Waals surface area contributed by atoms with Crippen molar-refractivity contribution in [3.8, 4) is 17.2 Å². The maximum atomic E-state index is 12.1. The minimum absolute atomic E-state index is 0.169. The summed E-state index contributed by atoms with van der Waals surface area (Å²) in [5, 5.41) is 6.07. The van der Waals surface area contributed by atoms with Crippen LogP contribution in [-0.2, 0) is 4.79 Å². The average Bonchev–Trinajstić information content (AvgIpc) is 2.73. The van der Waals surface area contributed by atoms with E-state index in [0.717, 1.165) is 19.7 Å². The van der Waals surface area contributed by atoms with Crippen molar-refractivity contribution in [3.63, 3.8) is 0 Å². The molecule has 1 N–H and O–H groups in total. The van der Waals surface area contributed by atoms with Crippen LogP contribution in [0.5, 0.6) is 17.2 Å². The van der Waals surface area contributed by atoms with E-state index in [1.165, 1.54) is 6.21 Å². The van der Waals surface area contributed by atoms with Gasteiger partial charge in [-0.3, -0.25) is 4.79 Å². The van der Waals surface area contributed by atoms with Crippen LogP contribution in [-0.4, -0.2) is 32.9 Å². The molecule has 3 rings (SSSR count). The molecule has 0 bridgehead atoms. The summed E-state index contributed by atoms with van der Waals surface area (Å²) >= 11 is 6.95. The van der Waals surface area contributed by atoms with E-state index in [1.54, 1.807) is 26.4 Å². The van der Waals surface area contributed by atoms with Gasteiger partial charge < -0.3 is 14.2 Å². The molecule has 8 heteroatoms. The van der Waals surface area contributed by atoms with Gasteiger partial charge >= 0.3 is 0 Å². The molecule has 1 amide bonds. The average molecular weight is 522 g/mol. The molecule has 29 heavy (non-hydrogen) atoms. The quantitative estimate of drug-likeness (QED) is 0.354. The normalized spacial score (nSPS) is 10.9. The number of amides is 1. The fourth-order valence-corrected chi connectivity index (χ4v) is 3.79. The van der Waals surface area contributed by atoms with E-state index in [-0.39, 0.29) is 12.5 Å². The number of ether oxygens (including phenoxy) is 3. The van der Waals surface area contributed by atoms with Crippen LogP contribution in [0.3, 0.4) is 0 Å². The summed E-state index contributed by atoms with van der Waals surface area (Å²) in [6.07, 6.45) is 1.49. The third kappa shape index (κ3) is 5.07. The van der Waals surface area contributed by atoms with E-state index >= 15 is 0 Å². The lowest BCUT2D eigenvalue weighted by molar-refractivity contribution is -0.123. The largest absolute Gasteiger partial charge is 0.496 e. The molecule has 0 aromatic heterocycles. The van der Waals surface area contributed by atoms with Gasteiger partial charge in [-0.25, -0.2) is 5.43 Å². The summed E-state index contributed by atoms with van der Waals surface area (Å²) in [6, 6.07) is 15.2. The predicted octanol–water partition coefficient (Wildman–Crippen LogP) is 4.91. The van der Waals surface area contributed by atoms with Gasteiger partial charge in [-0.15, -0.1) is 0 Å². The number of benzene rings is 3. The van der Waals surface area contributed by atoms with E-state index in [1.807, 2.05) is 36.4 Å². The van der Waals surface area contributed by atoms with Crippen molar-refractivity contribution in [2.75, 3.05) is 20.8 Å². The zero-order valence-corrected chi connectivity index (χ0v) is 18.9. The zero-order chi connectivity index (χ0) is 20.8. The molecule has 0 saturated heterocycles. The standard InChI is InChI=1S/C21H18Br2N2O4/c1-27-18-10-19(28-2)16(22)9-14(18)11-24-25-20(26)12-29-17-8-7-13-5-3-4-6-15(13)21(17)23/h3-11H,12H2,1-2H3,(H,25,26)/b24-11+. The number of nitrogens with zero attached hydrogens (tertiary/aromatic N) is 1. The van der Waals surface area contributed by atoms with Crippen LogP contribution in [0.25, 0.3) is 10.8 Å². The topological polar surface area (TPSA) is 69.2 Å². The summed E-state index contributed by atoms with van der Waals surface area (Å²) in [7, 11) is 3.12. The molecule has 150 valence electrons. The molecule has 6 nitrogen and oxygen atoms in total. The highest BCUT2D eigenvalue weighted by molar-refractivity contribution is 9.11. The van der Waals surface area contributed by atoms with Crippen LogP contribution in [0.2, 0.25) is 0 Å². The number of rotatable bonds is 7. The van der Waals surface area contributed by atoms with E-state index in [4.69, 9.17) is 14.2 Å². The monoisotopic (exact) mass is 520 g/mol. The number of methoxy groups -OCH3 is 2. The molecule has 0 spiro atoms. The number of fused-ring (bicyclic) bond motifs is 1. The van der Waals surface area contributed by atoms with Crippen LogP contribution in [0, 0.1) is 0 Å². The van der Waals surface area contributed by atoms with Crippen molar-refractivity contribution < 1.29 is 19.0 Å². The van der Waals surface area contributed by atoms with Crippen LogP contribution >= 0.6 is 31.9 Å². The zero-order valence-electron chi connectivity index (χ0n) is 15.7. The Labute approximate surface area is 185 Å². The number of carbonyl (C=O) groups excluding carboxylic acids is 1. The van der Waals surface area contributed by atoms with Crippen LogP contribution in [0.15, 0.2) is 62.6 Å². The molecule has 0 saturated carbocycles. The van der Waals surface area contributed by atoms with Crippen molar-refractivity contribution in [1.82, 2.24) is 5.43 Å². The Morgan fingerprint density at radius 2 is 1.79 bits per heavy atom. The van der Waals surface area contributed by atoms with Crippen LogP contribution in [0.1, 0.15) is 5.56 Å². The highest BCUT2D eigenvalue weighted by Crippen LogP contribution is 2.33. The van der Waals surface area contributed by atoms with Crippen LogP contribution in [0.4, 0.5) is 0 Å². The van der Waals surface area contributed by atoms with Crippen LogP contribution < -0.4 is 19.6 Å². The third-order valence-corrected chi connectivity index (χ3v) is 5.52. The molecule has 0 heterocycles. The Kier molecular flexibility index (Phi) is 7.11. The molecule has 0 atom stereocenters. The lowest BCUT2D eigenvalue weighted by atomic mass is 10.1. The maximum absolute atomic E-state index is 12.1. The van der Waals surface area contributed by atoms with Crippen molar-refractivity contribution in [3.05, 3.63) is 63.0 Å². The summed E-state index contributed by atoms with van der Waals surface area (Å²) in [6.45, 7) is -0.169. The van der Waals surface area contributed by atoms with Gasteiger partial charge in [-0.2, -0.15) is 5.10 Å². The van der Waals surface area contributed by atoms with Gasteiger partial charge in [0.05, 0.1) is 29.4 Å². The minimum Gasteiger partial charge on any atom is -0.496 e. The summed E-state index contributed by atoms with van der Waals surface area (Å²) < 4.78 is 17.7. The number of nitrogens with one attached hydrogen (secondary N) is 1. The second-order valence-electron chi connectivity index (χ2n) is 5.91. The Morgan fingerprint density at radius 3 is 2.55 bits per heavy atom.